The van der Waals surface area contributed by atoms with Gasteiger partial charge in [-0.1, -0.05) is 26.0 Å². The predicted molar refractivity (Wildman–Crippen MR) is 114 cm³/mol. The molecule has 4 aliphatic rings. The van der Waals surface area contributed by atoms with Crippen molar-refractivity contribution in [1.29, 1.82) is 0 Å². The molecule has 1 saturated heterocycles. The maximum Gasteiger partial charge on any atom is 0.256 e. The van der Waals surface area contributed by atoms with E-state index >= 15 is 0 Å². The fourth-order valence-electron chi connectivity index (χ4n) is 6.62. The first-order valence-electron chi connectivity index (χ1n) is 11.3. The number of benzene rings is 1. The molecule has 6 heteroatoms. The Hall–Kier alpha value is -2.37. The van der Waals surface area contributed by atoms with Gasteiger partial charge in [-0.3, -0.25) is 14.4 Å². The maximum absolute atomic E-state index is 13.4. The first-order valence-corrected chi connectivity index (χ1v) is 11.3. The lowest BCUT2D eigenvalue weighted by molar-refractivity contribution is -0.128. The smallest absolute Gasteiger partial charge is 0.256 e. The van der Waals surface area contributed by atoms with Crippen molar-refractivity contribution in [1.82, 2.24) is 10.2 Å². The molecular weight excluding hydrogens is 378 g/mol. The number of fused-ring (bicyclic) bond motifs is 4. The minimum atomic E-state index is -0.466. The van der Waals surface area contributed by atoms with Crippen LogP contribution in [0.4, 0.5) is 5.69 Å². The summed E-state index contributed by atoms with van der Waals surface area (Å²) >= 11 is 0. The van der Waals surface area contributed by atoms with Crippen LogP contribution in [-0.2, 0) is 9.59 Å². The largest absolute Gasteiger partial charge is 0.349 e. The van der Waals surface area contributed by atoms with Gasteiger partial charge < -0.3 is 15.1 Å². The number of hydrogen-bond acceptors (Lipinski definition) is 3. The normalized spacial score (nSPS) is 34.0. The van der Waals surface area contributed by atoms with Gasteiger partial charge in [0, 0.05) is 12.1 Å². The van der Waals surface area contributed by atoms with Crippen molar-refractivity contribution < 1.29 is 14.4 Å². The Morgan fingerprint density at radius 2 is 1.83 bits per heavy atom. The van der Waals surface area contributed by atoms with Gasteiger partial charge in [-0.15, -0.1) is 0 Å². The molecule has 4 atom stereocenters. The highest BCUT2D eigenvalue weighted by molar-refractivity contribution is 6.12. The third kappa shape index (κ3) is 2.58. The van der Waals surface area contributed by atoms with Crippen molar-refractivity contribution in [3.05, 3.63) is 29.8 Å². The molecule has 2 aliphatic carbocycles. The number of nitrogens with one attached hydrogen (secondary N) is 1. The van der Waals surface area contributed by atoms with E-state index in [2.05, 4.69) is 26.1 Å². The average Bonchev–Trinajstić information content (AvgIpc) is 3.42. The van der Waals surface area contributed by atoms with Crippen molar-refractivity contribution in [2.45, 2.75) is 64.5 Å². The molecule has 2 heterocycles. The van der Waals surface area contributed by atoms with E-state index < -0.39 is 6.04 Å². The van der Waals surface area contributed by atoms with Gasteiger partial charge >= 0.3 is 0 Å². The zero-order valence-electron chi connectivity index (χ0n) is 18.1. The van der Waals surface area contributed by atoms with Crippen LogP contribution < -0.4 is 10.2 Å². The summed E-state index contributed by atoms with van der Waals surface area (Å²) in [5.41, 5.74) is 0.824. The molecule has 2 saturated carbocycles. The van der Waals surface area contributed by atoms with Gasteiger partial charge in [-0.05, 0) is 68.4 Å². The van der Waals surface area contributed by atoms with Crippen LogP contribution in [0.5, 0.6) is 0 Å². The van der Waals surface area contributed by atoms with Gasteiger partial charge in [0.05, 0.1) is 11.3 Å². The zero-order valence-corrected chi connectivity index (χ0v) is 18.1. The van der Waals surface area contributed by atoms with E-state index in [1.807, 2.05) is 12.1 Å². The van der Waals surface area contributed by atoms with E-state index in [0.717, 1.165) is 12.8 Å². The molecule has 0 radical (unpaired) electrons. The molecule has 30 heavy (non-hydrogen) atoms. The van der Waals surface area contributed by atoms with Crippen molar-refractivity contribution in [2.75, 3.05) is 18.0 Å². The summed E-state index contributed by atoms with van der Waals surface area (Å²) in [5.74, 6) is 0.738. The molecular formula is C24H31N3O3. The lowest BCUT2D eigenvalue weighted by Crippen LogP contribution is -2.61. The average molecular weight is 410 g/mol. The van der Waals surface area contributed by atoms with Crippen LogP contribution in [0.3, 0.4) is 0 Å². The van der Waals surface area contributed by atoms with Gasteiger partial charge in [0.2, 0.25) is 11.8 Å². The molecule has 2 aliphatic heterocycles. The highest BCUT2D eigenvalue weighted by atomic mass is 16.2. The highest BCUT2D eigenvalue weighted by Crippen LogP contribution is 2.61. The summed E-state index contributed by atoms with van der Waals surface area (Å²) in [6, 6.07) is 6.71. The summed E-state index contributed by atoms with van der Waals surface area (Å²) in [7, 11) is 0. The van der Waals surface area contributed by atoms with Crippen LogP contribution in [0.2, 0.25) is 0 Å². The zero-order chi connectivity index (χ0) is 21.3. The molecule has 1 aromatic rings. The van der Waals surface area contributed by atoms with Gasteiger partial charge in [0.25, 0.3) is 5.91 Å². The van der Waals surface area contributed by atoms with Gasteiger partial charge in [-0.25, -0.2) is 0 Å². The minimum Gasteiger partial charge on any atom is -0.349 e. The van der Waals surface area contributed by atoms with Crippen molar-refractivity contribution in [2.24, 2.45) is 17.3 Å². The topological polar surface area (TPSA) is 69.7 Å². The van der Waals surface area contributed by atoms with Gasteiger partial charge in [0.15, 0.2) is 0 Å². The summed E-state index contributed by atoms with van der Waals surface area (Å²) in [6.07, 6.45) is 5.04. The molecule has 0 unspecified atom stereocenters. The van der Waals surface area contributed by atoms with Crippen molar-refractivity contribution >= 4 is 23.4 Å². The van der Waals surface area contributed by atoms with Crippen LogP contribution >= 0.6 is 0 Å². The summed E-state index contributed by atoms with van der Waals surface area (Å²) in [4.78, 5) is 42.9. The Morgan fingerprint density at radius 3 is 2.57 bits per heavy atom. The number of nitrogens with zero attached hydrogens (tertiary/aromatic N) is 2. The quantitative estimate of drug-likeness (QED) is 0.834. The first-order chi connectivity index (χ1) is 14.2. The second kappa shape index (κ2) is 6.56. The molecule has 1 N–H and O–H groups in total. The van der Waals surface area contributed by atoms with Crippen LogP contribution in [0.15, 0.2) is 24.3 Å². The molecule has 5 rings (SSSR count). The van der Waals surface area contributed by atoms with Crippen molar-refractivity contribution in [3.8, 4) is 0 Å². The number of carbonyl (C=O) groups is 3. The van der Waals surface area contributed by atoms with E-state index in [1.54, 1.807) is 21.9 Å². The molecule has 3 amide bonds. The number of carbonyl (C=O) groups excluding carboxylic acids is 3. The SMILES string of the molecule is CC1(C)[C@H]2CC[C@@H](C2)[C@]1(C)NC(=O)CN1C(=O)[C@@H]2CCCN2C(=O)c2ccccc21. The number of rotatable bonds is 3. The molecule has 3 fully saturated rings. The van der Waals surface area contributed by atoms with Crippen molar-refractivity contribution in [3.63, 3.8) is 0 Å². The molecule has 1 aromatic carbocycles. The van der Waals surface area contributed by atoms with Gasteiger partial charge in [0.1, 0.15) is 12.6 Å². The fourth-order valence-corrected chi connectivity index (χ4v) is 6.62. The number of amides is 3. The Kier molecular flexibility index (Phi) is 4.28. The number of anilines is 1. The molecule has 0 spiro atoms. The Morgan fingerprint density at radius 1 is 1.10 bits per heavy atom. The summed E-state index contributed by atoms with van der Waals surface area (Å²) in [6.45, 7) is 7.25. The Bertz CT molecular complexity index is 926. The maximum atomic E-state index is 13.4. The third-order valence-corrected chi connectivity index (χ3v) is 8.80. The second-order valence-electron chi connectivity index (χ2n) is 10.3. The van der Waals surface area contributed by atoms with E-state index in [9.17, 15) is 14.4 Å². The van der Waals surface area contributed by atoms with Gasteiger partial charge in [-0.2, -0.15) is 0 Å². The highest BCUT2D eigenvalue weighted by Gasteiger charge is 2.61. The first kappa shape index (κ1) is 19.6. The van der Waals surface area contributed by atoms with E-state index in [1.165, 1.54) is 12.8 Å². The lowest BCUT2D eigenvalue weighted by Gasteiger charge is -2.48. The minimum absolute atomic E-state index is 0.0322. The molecule has 160 valence electrons. The van der Waals surface area contributed by atoms with E-state index in [4.69, 9.17) is 0 Å². The second-order valence-corrected chi connectivity index (χ2v) is 10.3. The molecule has 0 aromatic heterocycles. The molecule has 6 nitrogen and oxygen atoms in total. The standard InChI is InChI=1S/C24H31N3O3/c1-23(2)15-10-11-16(13-15)24(23,3)25-20(28)14-27-18-8-5-4-7-17(18)21(29)26-12-6-9-19(26)22(27)30/h4-5,7-8,15-16,19H,6,9-14H2,1-3H3,(H,25,28)/t15-,16-,19-,24-/m0/s1. The van der Waals surface area contributed by atoms with Crippen LogP contribution in [0.25, 0.3) is 0 Å². The summed E-state index contributed by atoms with van der Waals surface area (Å²) in [5, 5.41) is 3.34. The monoisotopic (exact) mass is 409 g/mol. The lowest BCUT2D eigenvalue weighted by atomic mass is 9.64. The Balaban J connectivity index is 1.43. The third-order valence-electron chi connectivity index (χ3n) is 8.80. The van der Waals surface area contributed by atoms with Crippen LogP contribution in [-0.4, -0.2) is 47.3 Å². The van der Waals surface area contributed by atoms with E-state index in [-0.39, 0.29) is 35.2 Å². The summed E-state index contributed by atoms with van der Waals surface area (Å²) < 4.78 is 0. The van der Waals surface area contributed by atoms with Crippen LogP contribution in [0, 0.1) is 17.3 Å². The number of hydrogen-bond donors (Lipinski definition) is 1. The van der Waals surface area contributed by atoms with Crippen LogP contribution in [0.1, 0.15) is 63.2 Å². The number of para-hydroxylation sites is 1. The Labute approximate surface area is 178 Å². The molecule has 2 bridgehead atoms. The fraction of sp³-hybridized carbons (Fsp3) is 0.625. The predicted octanol–water partition coefficient (Wildman–Crippen LogP) is 2.97. The van der Waals surface area contributed by atoms with E-state index in [0.29, 0.717) is 36.1 Å².